The molecule has 0 aliphatic rings. The number of aliphatic carboxylic acids is 1. The summed E-state index contributed by atoms with van der Waals surface area (Å²) in [4.78, 5) is 39.5. The molecule has 7 nitrogen and oxygen atoms in total. The minimum atomic E-state index is -1.21. The molecular weight excluding hydrogens is 434 g/mol. The van der Waals surface area contributed by atoms with Gasteiger partial charge in [-0.3, -0.25) is 9.59 Å². The molecule has 2 rings (SSSR count). The molecule has 7 heteroatoms. The van der Waals surface area contributed by atoms with Crippen molar-refractivity contribution in [1.82, 2.24) is 4.90 Å². The highest BCUT2D eigenvalue weighted by Crippen LogP contribution is 2.24. The third-order valence-electron chi connectivity index (χ3n) is 5.03. The summed E-state index contributed by atoms with van der Waals surface area (Å²) in [5, 5.41) is 10.0. The lowest BCUT2D eigenvalue weighted by atomic mass is 9.88. The van der Waals surface area contributed by atoms with Crippen LogP contribution >= 0.6 is 0 Å². The van der Waals surface area contributed by atoms with Crippen LogP contribution in [0.25, 0.3) is 0 Å². The Morgan fingerprint density at radius 3 is 2.03 bits per heavy atom. The first-order chi connectivity index (χ1) is 16.1. The van der Waals surface area contributed by atoms with Gasteiger partial charge in [0.2, 0.25) is 0 Å². The van der Waals surface area contributed by atoms with Crippen molar-refractivity contribution in [2.24, 2.45) is 11.8 Å². The quantitative estimate of drug-likeness (QED) is 0.367. The Hall–Kier alpha value is -3.61. The number of carboxylic acid groups (broad SMARTS) is 1. The summed E-state index contributed by atoms with van der Waals surface area (Å²) in [5.41, 5.74) is 0.835. The maximum atomic E-state index is 13.0. The van der Waals surface area contributed by atoms with E-state index in [-0.39, 0.29) is 26.1 Å². The van der Waals surface area contributed by atoms with Crippen molar-refractivity contribution in [3.8, 4) is 0 Å². The first-order valence-corrected chi connectivity index (χ1v) is 11.2. The molecule has 0 bridgehead atoms. The van der Waals surface area contributed by atoms with Crippen molar-refractivity contribution in [2.75, 3.05) is 6.54 Å². The third-order valence-corrected chi connectivity index (χ3v) is 5.03. The van der Waals surface area contributed by atoms with Crippen molar-refractivity contribution < 1.29 is 29.0 Å². The molecule has 0 fully saturated rings. The van der Waals surface area contributed by atoms with E-state index in [4.69, 9.17) is 9.47 Å². The lowest BCUT2D eigenvalue weighted by Crippen LogP contribution is -2.43. The lowest BCUT2D eigenvalue weighted by Gasteiger charge is -2.30. The fourth-order valence-electron chi connectivity index (χ4n) is 3.41. The molecule has 0 saturated heterocycles. The van der Waals surface area contributed by atoms with Crippen molar-refractivity contribution >= 4 is 18.0 Å². The molecule has 0 radical (unpaired) electrons. The van der Waals surface area contributed by atoms with E-state index in [1.165, 1.54) is 11.0 Å². The number of esters is 1. The van der Waals surface area contributed by atoms with Gasteiger partial charge in [0.05, 0.1) is 11.8 Å². The minimum absolute atomic E-state index is 0.0465. The normalized spacial score (nSPS) is 12.8. The van der Waals surface area contributed by atoms with Gasteiger partial charge in [-0.25, -0.2) is 4.79 Å². The van der Waals surface area contributed by atoms with Crippen LogP contribution in [0.5, 0.6) is 0 Å². The molecule has 0 aliphatic carbocycles. The molecular formula is C27H33NO6. The van der Waals surface area contributed by atoms with Crippen LogP contribution in [0.15, 0.2) is 73.3 Å². The molecule has 2 aromatic carbocycles. The zero-order chi connectivity index (χ0) is 25.1. The Morgan fingerprint density at radius 2 is 1.53 bits per heavy atom. The van der Waals surface area contributed by atoms with E-state index in [1.54, 1.807) is 20.8 Å². The van der Waals surface area contributed by atoms with Crippen molar-refractivity contribution in [2.45, 2.75) is 45.9 Å². The molecule has 182 valence electrons. The summed E-state index contributed by atoms with van der Waals surface area (Å²) in [5.74, 6) is -4.06. The number of carbonyl (C=O) groups excluding carboxylic acids is 2. The maximum absolute atomic E-state index is 13.0. The second-order valence-electron chi connectivity index (χ2n) is 9.02. The average Bonchev–Trinajstić information content (AvgIpc) is 2.79. The highest BCUT2D eigenvalue weighted by Gasteiger charge is 2.38. The molecule has 0 unspecified atom stereocenters. The van der Waals surface area contributed by atoms with Crippen LogP contribution < -0.4 is 0 Å². The maximum Gasteiger partial charge on any atom is 0.410 e. The molecule has 0 heterocycles. The molecule has 34 heavy (non-hydrogen) atoms. The van der Waals surface area contributed by atoms with E-state index >= 15 is 0 Å². The fourth-order valence-corrected chi connectivity index (χ4v) is 3.41. The lowest BCUT2D eigenvalue weighted by molar-refractivity contribution is -0.167. The van der Waals surface area contributed by atoms with Crippen molar-refractivity contribution in [3.05, 3.63) is 84.4 Å². The Morgan fingerprint density at radius 1 is 0.971 bits per heavy atom. The minimum Gasteiger partial charge on any atom is -0.481 e. The van der Waals surface area contributed by atoms with Crippen molar-refractivity contribution in [3.63, 3.8) is 0 Å². The Labute approximate surface area is 201 Å². The monoisotopic (exact) mass is 467 g/mol. The summed E-state index contributed by atoms with van der Waals surface area (Å²) in [6.07, 6.45) is 0.921. The van der Waals surface area contributed by atoms with E-state index in [2.05, 4.69) is 6.58 Å². The number of hydrogen-bond acceptors (Lipinski definition) is 5. The summed E-state index contributed by atoms with van der Waals surface area (Å²) in [6, 6.07) is 18.4. The zero-order valence-corrected chi connectivity index (χ0v) is 20.0. The fraction of sp³-hybridized carbons (Fsp3) is 0.370. The Balaban J connectivity index is 2.27. The highest BCUT2D eigenvalue weighted by molar-refractivity contribution is 5.82. The van der Waals surface area contributed by atoms with E-state index in [0.29, 0.717) is 0 Å². The number of rotatable bonds is 11. The second-order valence-corrected chi connectivity index (χ2v) is 9.02. The van der Waals surface area contributed by atoms with Gasteiger partial charge in [0, 0.05) is 13.1 Å². The Bertz CT molecular complexity index is 952. The van der Waals surface area contributed by atoms with Crippen LogP contribution in [0.4, 0.5) is 4.79 Å². The molecule has 0 spiro atoms. The molecule has 1 N–H and O–H groups in total. The molecule has 2 aromatic rings. The van der Waals surface area contributed by atoms with E-state index in [0.717, 1.165) is 11.1 Å². The number of nitrogens with zero attached hydrogens (tertiary/aromatic N) is 1. The number of amides is 1. The highest BCUT2D eigenvalue weighted by atomic mass is 16.6. The first-order valence-electron chi connectivity index (χ1n) is 11.2. The van der Waals surface area contributed by atoms with Gasteiger partial charge < -0.3 is 19.5 Å². The number of carbonyl (C=O) groups is 3. The summed E-state index contributed by atoms with van der Waals surface area (Å²) >= 11 is 0. The summed E-state index contributed by atoms with van der Waals surface area (Å²) in [7, 11) is 0. The molecule has 2 atom stereocenters. The predicted molar refractivity (Wildman–Crippen MR) is 129 cm³/mol. The molecule has 1 amide bonds. The Kier molecular flexibility index (Phi) is 9.86. The number of carboxylic acids is 1. The number of hydrogen-bond donors (Lipinski definition) is 1. The third kappa shape index (κ3) is 8.73. The molecule has 0 aromatic heterocycles. The number of benzene rings is 2. The topological polar surface area (TPSA) is 93.1 Å². The van der Waals surface area contributed by atoms with Crippen LogP contribution in [-0.2, 0) is 32.2 Å². The zero-order valence-electron chi connectivity index (χ0n) is 20.0. The van der Waals surface area contributed by atoms with E-state index < -0.39 is 35.5 Å². The van der Waals surface area contributed by atoms with Crippen LogP contribution in [-0.4, -0.2) is 40.2 Å². The number of allylic oxidation sites excluding steroid dienone is 1. The van der Waals surface area contributed by atoms with E-state index in [9.17, 15) is 19.5 Å². The largest absolute Gasteiger partial charge is 0.481 e. The van der Waals surface area contributed by atoms with Gasteiger partial charge in [-0.15, -0.1) is 6.58 Å². The number of ether oxygens (including phenoxy) is 2. The smallest absolute Gasteiger partial charge is 0.410 e. The summed E-state index contributed by atoms with van der Waals surface area (Å²) < 4.78 is 10.9. The van der Waals surface area contributed by atoms with Gasteiger partial charge in [-0.05, 0) is 38.3 Å². The van der Waals surface area contributed by atoms with Gasteiger partial charge >= 0.3 is 18.0 Å². The predicted octanol–water partition coefficient (Wildman–Crippen LogP) is 5.06. The van der Waals surface area contributed by atoms with Gasteiger partial charge in [-0.1, -0.05) is 66.7 Å². The molecule has 0 saturated carbocycles. The van der Waals surface area contributed by atoms with Crippen LogP contribution in [0, 0.1) is 11.8 Å². The summed E-state index contributed by atoms with van der Waals surface area (Å²) in [6.45, 7) is 8.76. The second kappa shape index (κ2) is 12.6. The molecule has 0 aliphatic heterocycles. The van der Waals surface area contributed by atoms with Gasteiger partial charge in [0.1, 0.15) is 12.2 Å². The average molecular weight is 468 g/mol. The SMILES string of the molecule is C=CC[C@H](C(=O)OC(C)(C)C)[C@H](CN(Cc1ccccc1)C(=O)OCc1ccccc1)C(=O)O. The van der Waals surface area contributed by atoms with Gasteiger partial charge in [0.15, 0.2) is 0 Å². The van der Waals surface area contributed by atoms with Crippen molar-refractivity contribution in [1.29, 1.82) is 0 Å². The first kappa shape index (κ1) is 26.6. The van der Waals surface area contributed by atoms with Gasteiger partial charge in [-0.2, -0.15) is 0 Å². The van der Waals surface area contributed by atoms with Crippen LogP contribution in [0.2, 0.25) is 0 Å². The van der Waals surface area contributed by atoms with Gasteiger partial charge in [0.25, 0.3) is 0 Å². The van der Waals surface area contributed by atoms with E-state index in [1.807, 2.05) is 60.7 Å². The van der Waals surface area contributed by atoms with Crippen LogP contribution in [0.3, 0.4) is 0 Å². The standard InChI is InChI=1S/C27H33NO6/c1-5-12-22(25(31)34-27(2,3)4)23(24(29)30)18-28(17-20-13-8-6-9-14-20)26(32)33-19-21-15-10-7-11-16-21/h5-11,13-16,22-23H,1,12,17-19H2,2-4H3,(H,29,30)/t22-,23-/m0/s1. The van der Waals surface area contributed by atoms with Crippen LogP contribution in [0.1, 0.15) is 38.3 Å².